The molecule has 0 amide bonds. The van der Waals surface area contributed by atoms with Crippen molar-refractivity contribution in [1.82, 2.24) is 0 Å². The Morgan fingerprint density at radius 1 is 0.744 bits per heavy atom. The van der Waals surface area contributed by atoms with Crippen molar-refractivity contribution in [2.45, 2.75) is 68.3 Å². The molecule has 43 heavy (non-hydrogen) atoms. The van der Waals surface area contributed by atoms with Crippen LogP contribution in [0.4, 0.5) is 0 Å². The van der Waals surface area contributed by atoms with Crippen LogP contribution in [0.25, 0.3) is 22.3 Å². The van der Waals surface area contributed by atoms with Crippen LogP contribution in [0.2, 0.25) is 0 Å². The van der Waals surface area contributed by atoms with Crippen molar-refractivity contribution in [2.24, 2.45) is 0 Å². The molecule has 2 fully saturated rings. The molecular weight excluding hydrogens is 576 g/mol. The van der Waals surface area contributed by atoms with Crippen LogP contribution in [0.5, 0.6) is 28.7 Å². The molecule has 0 unspecified atom stereocenters. The molecule has 0 saturated carbocycles. The molecule has 5 rings (SSSR count). The van der Waals surface area contributed by atoms with Gasteiger partial charge in [0.2, 0.25) is 18.3 Å². The summed E-state index contributed by atoms with van der Waals surface area (Å²) in [5, 5.41) is 92.0. The molecule has 3 aromatic rings. The first kappa shape index (κ1) is 30.9. The van der Waals surface area contributed by atoms with Gasteiger partial charge in [-0.3, -0.25) is 0 Å². The molecule has 15 heteroatoms. The van der Waals surface area contributed by atoms with Gasteiger partial charge in [-0.15, -0.1) is 0 Å². The average molecular weight is 610 g/mol. The van der Waals surface area contributed by atoms with E-state index < -0.39 is 68.0 Å². The summed E-state index contributed by atoms with van der Waals surface area (Å²) in [5.41, 5.74) is 0.327. The highest BCUT2D eigenvalue weighted by Gasteiger charge is 2.46. The Morgan fingerprint density at radius 2 is 1.40 bits per heavy atom. The summed E-state index contributed by atoms with van der Waals surface area (Å²) >= 11 is 0. The lowest BCUT2D eigenvalue weighted by Crippen LogP contribution is -2.60. The highest BCUT2D eigenvalue weighted by atomic mass is 16.7. The first-order valence-corrected chi connectivity index (χ1v) is 13.3. The van der Waals surface area contributed by atoms with E-state index in [1.54, 1.807) is 0 Å². The maximum atomic E-state index is 10.6. The van der Waals surface area contributed by atoms with E-state index >= 15 is 0 Å². The molecule has 10 atom stereocenters. The Balaban J connectivity index is 1.62. The van der Waals surface area contributed by atoms with E-state index in [0.29, 0.717) is 5.56 Å². The third kappa shape index (κ3) is 5.86. The summed E-state index contributed by atoms with van der Waals surface area (Å²) in [4.78, 5) is 0. The molecular formula is C28H33O15+. The predicted octanol–water partition coefficient (Wildman–Crippen LogP) is -0.814. The third-order valence-corrected chi connectivity index (χ3v) is 7.39. The SMILES string of the molecule is COc1cc(-c2[o+]c3cc(O)cc(O[C@@H]4O[C@H](CO)[C@@H](O)[C@H](O)[C@H]4O)c3cc2O[C@@H]2O[C@@H](C)[C@H](O)[C@@H](O)[C@H]2O)ccc1O. The fourth-order valence-electron chi connectivity index (χ4n) is 4.90. The molecule has 234 valence electrons. The number of phenols is 2. The Morgan fingerprint density at radius 3 is 2.07 bits per heavy atom. The smallest absolute Gasteiger partial charge is 0.402 e. The Kier molecular flexibility index (Phi) is 8.80. The van der Waals surface area contributed by atoms with Crippen LogP contribution in [0, 0.1) is 0 Å². The van der Waals surface area contributed by atoms with E-state index in [2.05, 4.69) is 0 Å². The van der Waals surface area contributed by atoms with Crippen LogP contribution in [0.15, 0.2) is 40.8 Å². The van der Waals surface area contributed by atoms with Crippen molar-refractivity contribution in [3.8, 4) is 40.1 Å². The van der Waals surface area contributed by atoms with Crippen LogP contribution in [-0.4, -0.2) is 121 Å². The number of hydrogen-bond acceptors (Lipinski definition) is 14. The second-order valence-corrected chi connectivity index (χ2v) is 10.3. The molecule has 1 aromatic heterocycles. The molecule has 0 spiro atoms. The van der Waals surface area contributed by atoms with Gasteiger partial charge in [0.15, 0.2) is 11.5 Å². The summed E-state index contributed by atoms with van der Waals surface area (Å²) < 4.78 is 34.1. The topological polar surface area (TPSA) is 240 Å². The summed E-state index contributed by atoms with van der Waals surface area (Å²) in [5.74, 6) is -0.655. The van der Waals surface area contributed by atoms with Gasteiger partial charge in [-0.25, -0.2) is 4.42 Å². The molecule has 2 aromatic carbocycles. The van der Waals surface area contributed by atoms with Crippen molar-refractivity contribution in [3.63, 3.8) is 0 Å². The third-order valence-electron chi connectivity index (χ3n) is 7.39. The normalized spacial score (nSPS) is 32.9. The lowest BCUT2D eigenvalue weighted by Gasteiger charge is -2.39. The number of rotatable bonds is 7. The molecule has 0 aliphatic carbocycles. The lowest BCUT2D eigenvalue weighted by atomic mass is 9.99. The molecule has 2 saturated heterocycles. The van der Waals surface area contributed by atoms with Crippen LogP contribution < -0.4 is 14.2 Å². The zero-order valence-electron chi connectivity index (χ0n) is 22.9. The zero-order chi connectivity index (χ0) is 31.2. The zero-order valence-corrected chi connectivity index (χ0v) is 22.9. The number of phenolic OH excluding ortho intramolecular Hbond substituents is 2. The van der Waals surface area contributed by atoms with Crippen molar-refractivity contribution in [2.75, 3.05) is 13.7 Å². The first-order chi connectivity index (χ1) is 20.4. The molecule has 9 N–H and O–H groups in total. The summed E-state index contributed by atoms with van der Waals surface area (Å²) in [6, 6.07) is 8.02. The number of aliphatic hydroxyl groups is 7. The number of methoxy groups -OCH3 is 1. The Bertz CT molecular complexity index is 1450. The van der Waals surface area contributed by atoms with Gasteiger partial charge in [-0.1, -0.05) is 0 Å². The van der Waals surface area contributed by atoms with Gasteiger partial charge in [0.25, 0.3) is 0 Å². The van der Waals surface area contributed by atoms with Gasteiger partial charge in [0.1, 0.15) is 59.6 Å². The van der Waals surface area contributed by atoms with E-state index in [4.69, 9.17) is 28.1 Å². The average Bonchev–Trinajstić information content (AvgIpc) is 2.99. The lowest BCUT2D eigenvalue weighted by molar-refractivity contribution is -0.277. The van der Waals surface area contributed by atoms with Crippen molar-refractivity contribution in [3.05, 3.63) is 36.4 Å². The number of fused-ring (bicyclic) bond motifs is 1. The molecule has 15 nitrogen and oxygen atoms in total. The van der Waals surface area contributed by atoms with Gasteiger partial charge in [-0.05, 0) is 19.1 Å². The maximum absolute atomic E-state index is 10.6. The van der Waals surface area contributed by atoms with Crippen molar-refractivity contribution in [1.29, 1.82) is 0 Å². The monoisotopic (exact) mass is 609 g/mol. The minimum atomic E-state index is -1.76. The number of aliphatic hydroxyl groups excluding tert-OH is 7. The van der Waals surface area contributed by atoms with Crippen LogP contribution in [0.3, 0.4) is 0 Å². The van der Waals surface area contributed by atoms with Crippen LogP contribution >= 0.6 is 0 Å². The molecule has 0 radical (unpaired) electrons. The summed E-state index contributed by atoms with van der Waals surface area (Å²) in [6.07, 6.45) is -15.1. The molecule has 3 heterocycles. The number of hydrogen-bond donors (Lipinski definition) is 9. The van der Waals surface area contributed by atoms with Crippen LogP contribution in [-0.2, 0) is 9.47 Å². The van der Waals surface area contributed by atoms with Crippen molar-refractivity contribution >= 4 is 11.0 Å². The highest BCUT2D eigenvalue weighted by molar-refractivity contribution is 5.89. The molecule has 0 bridgehead atoms. The predicted molar refractivity (Wildman–Crippen MR) is 143 cm³/mol. The van der Waals surface area contributed by atoms with Crippen molar-refractivity contribution < 1.29 is 74.1 Å². The van der Waals surface area contributed by atoms with Gasteiger partial charge < -0.3 is 69.6 Å². The van der Waals surface area contributed by atoms with E-state index in [1.165, 1.54) is 44.4 Å². The minimum absolute atomic E-state index is 0.000690. The fourth-order valence-corrected chi connectivity index (χ4v) is 4.90. The minimum Gasteiger partial charge on any atom is -0.507 e. The van der Waals surface area contributed by atoms with E-state index in [9.17, 15) is 46.0 Å². The van der Waals surface area contributed by atoms with E-state index in [-0.39, 0.29) is 45.5 Å². The second-order valence-electron chi connectivity index (χ2n) is 10.3. The second kappa shape index (κ2) is 12.2. The summed E-state index contributed by atoms with van der Waals surface area (Å²) in [7, 11) is 1.34. The van der Waals surface area contributed by atoms with E-state index in [1.807, 2.05) is 0 Å². The first-order valence-electron chi connectivity index (χ1n) is 13.3. The number of ether oxygens (including phenoxy) is 5. The Labute approximate surface area is 243 Å². The maximum Gasteiger partial charge on any atom is 0.402 e. The number of aromatic hydroxyl groups is 2. The fraction of sp³-hybridized carbons (Fsp3) is 0.464. The largest absolute Gasteiger partial charge is 0.507 e. The van der Waals surface area contributed by atoms with Gasteiger partial charge in [0.05, 0.1) is 31.5 Å². The Hall–Kier alpha value is -3.51. The quantitative estimate of drug-likeness (QED) is 0.149. The summed E-state index contributed by atoms with van der Waals surface area (Å²) in [6.45, 7) is 0.781. The highest BCUT2D eigenvalue weighted by Crippen LogP contribution is 2.43. The van der Waals surface area contributed by atoms with Gasteiger partial charge >= 0.3 is 11.3 Å². The molecule has 2 aliphatic rings. The molecule has 2 aliphatic heterocycles. The van der Waals surface area contributed by atoms with E-state index in [0.717, 1.165) is 6.07 Å². The standard InChI is InChI=1S/C28H32O15/c1-10-20(32)22(34)24(36)27(39-10)42-18-8-13-15(40-26(18)11-3-4-14(31)17(5-11)38-2)6-12(30)7-16(13)41-28-25(37)23(35)21(33)19(9-29)43-28/h3-8,10,19-25,27-29,32-37H,9H2,1-2H3,(H-,30,31)/p+1/t10-,19+,20-,21+,22+,23-,24+,25+,27-,28+/m0/s1. The van der Waals surface area contributed by atoms with Gasteiger partial charge in [-0.2, -0.15) is 0 Å². The van der Waals surface area contributed by atoms with Gasteiger partial charge in [0, 0.05) is 18.2 Å². The van der Waals surface area contributed by atoms with Crippen LogP contribution in [0.1, 0.15) is 6.92 Å². The number of benzene rings is 2.